The number of rotatable bonds is 5. The Labute approximate surface area is 74.1 Å². The Kier molecular flexibility index (Phi) is 4.35. The molecule has 0 amide bonds. The van der Waals surface area contributed by atoms with Gasteiger partial charge in [-0.3, -0.25) is 0 Å². The lowest BCUT2D eigenvalue weighted by Gasteiger charge is -1.98. The second-order valence-corrected chi connectivity index (χ2v) is 3.06. The smallest absolute Gasteiger partial charge is 0.115 e. The molecule has 1 rings (SSSR count). The number of unbranched alkanes of at least 4 members (excludes halogenated alkanes) is 3. The van der Waals surface area contributed by atoms with Gasteiger partial charge in [-0.2, -0.15) is 0 Å². The molecule has 0 unspecified atom stereocenters. The first-order chi connectivity index (χ1) is 5.93. The molecule has 0 N–H and O–H groups in total. The van der Waals surface area contributed by atoms with Crippen molar-refractivity contribution in [3.63, 3.8) is 0 Å². The first-order valence-corrected chi connectivity index (χ1v) is 4.67. The fourth-order valence-corrected chi connectivity index (χ4v) is 1.21. The summed E-state index contributed by atoms with van der Waals surface area (Å²) < 4.78 is 0. The van der Waals surface area contributed by atoms with E-state index in [-0.39, 0.29) is 0 Å². The van der Waals surface area contributed by atoms with Crippen LogP contribution in [0.3, 0.4) is 0 Å². The van der Waals surface area contributed by atoms with E-state index in [0.29, 0.717) is 0 Å². The van der Waals surface area contributed by atoms with Crippen LogP contribution in [0, 0.1) is 0 Å². The van der Waals surface area contributed by atoms with Crippen molar-refractivity contribution in [2.45, 2.75) is 39.0 Å². The Bertz CT molecular complexity index is 196. The van der Waals surface area contributed by atoms with Gasteiger partial charge < -0.3 is 0 Å². The number of nitrogens with zero attached hydrogens (tertiary/aromatic N) is 2. The molecule has 1 aromatic heterocycles. The van der Waals surface area contributed by atoms with Crippen molar-refractivity contribution in [3.05, 3.63) is 24.3 Å². The van der Waals surface area contributed by atoms with Crippen molar-refractivity contribution in [1.29, 1.82) is 0 Å². The normalized spacial score (nSPS) is 10.1. The summed E-state index contributed by atoms with van der Waals surface area (Å²) in [5, 5.41) is 0. The lowest BCUT2D eigenvalue weighted by molar-refractivity contribution is 0.665. The average Bonchev–Trinajstić information content (AvgIpc) is 2.14. The number of aryl methyl sites for hydroxylation is 1. The number of hydrogen-bond acceptors (Lipinski definition) is 2. The molecule has 0 aliphatic heterocycles. The van der Waals surface area contributed by atoms with Crippen LogP contribution in [0.25, 0.3) is 0 Å². The molecular formula is C10H16N2. The summed E-state index contributed by atoms with van der Waals surface area (Å²) in [4.78, 5) is 7.94. The van der Waals surface area contributed by atoms with E-state index in [0.717, 1.165) is 6.42 Å². The minimum atomic E-state index is 1.13. The van der Waals surface area contributed by atoms with Crippen LogP contribution in [0.5, 0.6) is 0 Å². The van der Waals surface area contributed by atoms with Gasteiger partial charge in [-0.05, 0) is 18.4 Å². The molecule has 0 aromatic carbocycles. The Morgan fingerprint density at radius 3 is 2.50 bits per heavy atom. The topological polar surface area (TPSA) is 25.8 Å². The highest BCUT2D eigenvalue weighted by atomic mass is 14.8. The molecule has 0 atom stereocenters. The highest BCUT2D eigenvalue weighted by Crippen LogP contribution is 2.04. The van der Waals surface area contributed by atoms with Crippen LogP contribution in [0.2, 0.25) is 0 Å². The first kappa shape index (κ1) is 9.17. The monoisotopic (exact) mass is 164 g/mol. The third-order valence-corrected chi connectivity index (χ3v) is 1.93. The maximum absolute atomic E-state index is 3.97. The SMILES string of the molecule is CCCCCCc1cncnc1. The second kappa shape index (κ2) is 5.70. The van der Waals surface area contributed by atoms with E-state index in [1.807, 2.05) is 12.4 Å². The molecule has 2 nitrogen and oxygen atoms in total. The van der Waals surface area contributed by atoms with E-state index < -0.39 is 0 Å². The highest BCUT2D eigenvalue weighted by molar-refractivity contribution is 5.01. The Morgan fingerprint density at radius 1 is 1.08 bits per heavy atom. The van der Waals surface area contributed by atoms with Gasteiger partial charge in [-0.15, -0.1) is 0 Å². The van der Waals surface area contributed by atoms with Gasteiger partial charge in [0.05, 0.1) is 0 Å². The lowest BCUT2D eigenvalue weighted by Crippen LogP contribution is -1.88. The molecule has 0 fully saturated rings. The molecular weight excluding hydrogens is 148 g/mol. The molecule has 12 heavy (non-hydrogen) atoms. The van der Waals surface area contributed by atoms with E-state index in [1.54, 1.807) is 6.33 Å². The van der Waals surface area contributed by atoms with Crippen molar-refractivity contribution >= 4 is 0 Å². The zero-order valence-electron chi connectivity index (χ0n) is 7.66. The van der Waals surface area contributed by atoms with Crippen LogP contribution in [0.15, 0.2) is 18.7 Å². The average molecular weight is 164 g/mol. The van der Waals surface area contributed by atoms with Gasteiger partial charge in [0, 0.05) is 12.4 Å². The first-order valence-electron chi connectivity index (χ1n) is 4.67. The Morgan fingerprint density at radius 2 is 1.83 bits per heavy atom. The molecule has 0 aliphatic rings. The van der Waals surface area contributed by atoms with Crippen LogP contribution < -0.4 is 0 Å². The molecule has 0 saturated carbocycles. The Balaban J connectivity index is 2.16. The largest absolute Gasteiger partial charge is 0.245 e. The van der Waals surface area contributed by atoms with Gasteiger partial charge in [0.15, 0.2) is 0 Å². The summed E-state index contributed by atoms with van der Waals surface area (Å²) in [5.74, 6) is 0. The molecule has 0 aliphatic carbocycles. The minimum Gasteiger partial charge on any atom is -0.245 e. The number of hydrogen-bond donors (Lipinski definition) is 0. The predicted octanol–water partition coefficient (Wildman–Crippen LogP) is 2.60. The third kappa shape index (κ3) is 3.46. The van der Waals surface area contributed by atoms with Crippen molar-refractivity contribution in [2.75, 3.05) is 0 Å². The Hall–Kier alpha value is -0.920. The molecule has 0 radical (unpaired) electrons. The van der Waals surface area contributed by atoms with Gasteiger partial charge in [-0.25, -0.2) is 9.97 Å². The molecule has 0 spiro atoms. The fourth-order valence-electron chi connectivity index (χ4n) is 1.21. The molecule has 0 bridgehead atoms. The second-order valence-electron chi connectivity index (χ2n) is 3.06. The van der Waals surface area contributed by atoms with Crippen LogP contribution in [-0.2, 0) is 6.42 Å². The summed E-state index contributed by atoms with van der Waals surface area (Å²) in [6.07, 6.45) is 11.7. The van der Waals surface area contributed by atoms with Gasteiger partial charge in [0.1, 0.15) is 6.33 Å². The third-order valence-electron chi connectivity index (χ3n) is 1.93. The van der Waals surface area contributed by atoms with E-state index in [9.17, 15) is 0 Å². The van der Waals surface area contributed by atoms with Gasteiger partial charge in [0.2, 0.25) is 0 Å². The van der Waals surface area contributed by atoms with Crippen LogP contribution in [-0.4, -0.2) is 9.97 Å². The highest BCUT2D eigenvalue weighted by Gasteiger charge is 1.92. The molecule has 0 saturated heterocycles. The van der Waals surface area contributed by atoms with Gasteiger partial charge >= 0.3 is 0 Å². The van der Waals surface area contributed by atoms with E-state index >= 15 is 0 Å². The summed E-state index contributed by atoms with van der Waals surface area (Å²) >= 11 is 0. The fraction of sp³-hybridized carbons (Fsp3) is 0.600. The van der Waals surface area contributed by atoms with E-state index in [4.69, 9.17) is 0 Å². The van der Waals surface area contributed by atoms with E-state index in [1.165, 1.54) is 31.2 Å². The van der Waals surface area contributed by atoms with Gasteiger partial charge in [0.25, 0.3) is 0 Å². The summed E-state index contributed by atoms with van der Waals surface area (Å²) in [7, 11) is 0. The summed E-state index contributed by atoms with van der Waals surface area (Å²) in [6.45, 7) is 2.23. The summed E-state index contributed by atoms with van der Waals surface area (Å²) in [6, 6.07) is 0. The summed E-state index contributed by atoms with van der Waals surface area (Å²) in [5.41, 5.74) is 1.26. The van der Waals surface area contributed by atoms with Crippen LogP contribution in [0.1, 0.15) is 38.2 Å². The molecule has 2 heteroatoms. The zero-order valence-corrected chi connectivity index (χ0v) is 7.66. The lowest BCUT2D eigenvalue weighted by atomic mass is 10.1. The maximum atomic E-state index is 3.97. The van der Waals surface area contributed by atoms with Gasteiger partial charge in [-0.1, -0.05) is 26.2 Å². The van der Waals surface area contributed by atoms with Crippen LogP contribution in [0.4, 0.5) is 0 Å². The van der Waals surface area contributed by atoms with E-state index in [2.05, 4.69) is 16.9 Å². The van der Waals surface area contributed by atoms with Crippen molar-refractivity contribution < 1.29 is 0 Å². The zero-order chi connectivity index (χ0) is 8.65. The quantitative estimate of drug-likeness (QED) is 0.625. The van der Waals surface area contributed by atoms with Crippen molar-refractivity contribution in [2.24, 2.45) is 0 Å². The maximum Gasteiger partial charge on any atom is 0.115 e. The standard InChI is InChI=1S/C10H16N2/c1-2-3-4-5-6-10-7-11-9-12-8-10/h7-9H,2-6H2,1H3. The molecule has 1 aromatic rings. The molecule has 1 heterocycles. The predicted molar refractivity (Wildman–Crippen MR) is 49.9 cm³/mol. The minimum absolute atomic E-state index is 1.13. The van der Waals surface area contributed by atoms with Crippen LogP contribution >= 0.6 is 0 Å². The van der Waals surface area contributed by atoms with Crippen molar-refractivity contribution in [3.8, 4) is 0 Å². The molecule has 66 valence electrons. The van der Waals surface area contributed by atoms with Crippen molar-refractivity contribution in [1.82, 2.24) is 9.97 Å². The number of aromatic nitrogens is 2.